The highest BCUT2D eigenvalue weighted by atomic mass is 32.1. The standard InChI is InChI=1S/C21H18N2O4S/c1-2-26-16-9-4-3-8-15(16)22-19-18(17-10-6-12-28-17)20(24)23(21(19)25)13-14-7-5-11-27-14/h3-12,22H,2,13H2,1H3. The van der Waals surface area contributed by atoms with Crippen LogP contribution in [0.25, 0.3) is 5.57 Å². The average Bonchev–Trinajstić information content (AvgIpc) is 3.44. The molecule has 142 valence electrons. The number of furan rings is 1. The molecule has 0 bridgehead atoms. The Morgan fingerprint density at radius 2 is 1.93 bits per heavy atom. The lowest BCUT2D eigenvalue weighted by Gasteiger charge is -2.15. The third-order valence-corrected chi connectivity index (χ3v) is 5.16. The molecule has 3 heterocycles. The van der Waals surface area contributed by atoms with Crippen molar-refractivity contribution in [3.8, 4) is 5.75 Å². The van der Waals surface area contributed by atoms with Crippen LogP contribution in [0.3, 0.4) is 0 Å². The van der Waals surface area contributed by atoms with E-state index in [4.69, 9.17) is 9.15 Å². The molecule has 0 fully saturated rings. The molecule has 0 spiro atoms. The molecule has 3 aromatic rings. The van der Waals surface area contributed by atoms with E-state index in [0.29, 0.717) is 29.4 Å². The number of thiophene rings is 1. The number of carbonyl (C=O) groups excluding carboxylic acids is 2. The predicted molar refractivity (Wildman–Crippen MR) is 107 cm³/mol. The maximum Gasteiger partial charge on any atom is 0.278 e. The van der Waals surface area contributed by atoms with Crippen LogP contribution in [0.2, 0.25) is 0 Å². The SMILES string of the molecule is CCOc1ccccc1NC1=C(c2cccs2)C(=O)N(Cc2ccco2)C1=O. The van der Waals surface area contributed by atoms with E-state index in [9.17, 15) is 9.59 Å². The van der Waals surface area contributed by atoms with Crippen LogP contribution in [0.1, 0.15) is 17.6 Å². The van der Waals surface area contributed by atoms with Crippen LogP contribution >= 0.6 is 11.3 Å². The summed E-state index contributed by atoms with van der Waals surface area (Å²) in [5.41, 5.74) is 1.23. The van der Waals surface area contributed by atoms with Gasteiger partial charge in [0.2, 0.25) is 0 Å². The van der Waals surface area contributed by atoms with Gasteiger partial charge in [0.15, 0.2) is 0 Å². The van der Waals surface area contributed by atoms with Crippen LogP contribution in [-0.2, 0) is 16.1 Å². The maximum atomic E-state index is 13.1. The highest BCUT2D eigenvalue weighted by Gasteiger charge is 2.40. The van der Waals surface area contributed by atoms with Gasteiger partial charge in [0.1, 0.15) is 17.2 Å². The van der Waals surface area contributed by atoms with Gasteiger partial charge < -0.3 is 14.5 Å². The van der Waals surface area contributed by atoms with Gasteiger partial charge in [-0.15, -0.1) is 11.3 Å². The van der Waals surface area contributed by atoms with Gasteiger partial charge in [0.25, 0.3) is 11.8 Å². The van der Waals surface area contributed by atoms with Crippen molar-refractivity contribution >= 4 is 34.4 Å². The largest absolute Gasteiger partial charge is 0.492 e. The van der Waals surface area contributed by atoms with E-state index in [-0.39, 0.29) is 18.1 Å². The van der Waals surface area contributed by atoms with Crippen LogP contribution in [0.5, 0.6) is 5.75 Å². The molecule has 1 aromatic carbocycles. The minimum atomic E-state index is -0.392. The van der Waals surface area contributed by atoms with Crippen LogP contribution in [0, 0.1) is 0 Å². The Morgan fingerprint density at radius 1 is 1.07 bits per heavy atom. The van der Waals surface area contributed by atoms with Crippen LogP contribution in [0.15, 0.2) is 70.3 Å². The second-order valence-corrected chi connectivity index (χ2v) is 7.00. The van der Waals surface area contributed by atoms with Gasteiger partial charge in [-0.05, 0) is 42.6 Å². The molecule has 0 saturated carbocycles. The summed E-state index contributed by atoms with van der Waals surface area (Å²) in [6.45, 7) is 2.47. The fourth-order valence-corrected chi connectivity index (χ4v) is 3.80. The summed E-state index contributed by atoms with van der Waals surface area (Å²) >= 11 is 1.41. The fourth-order valence-electron chi connectivity index (χ4n) is 3.03. The van der Waals surface area contributed by atoms with Crippen molar-refractivity contribution in [2.45, 2.75) is 13.5 Å². The van der Waals surface area contributed by atoms with Gasteiger partial charge >= 0.3 is 0 Å². The van der Waals surface area contributed by atoms with Crippen LogP contribution < -0.4 is 10.1 Å². The number of imide groups is 1. The topological polar surface area (TPSA) is 71.8 Å². The first-order valence-corrected chi connectivity index (χ1v) is 9.72. The van der Waals surface area contributed by atoms with E-state index in [0.717, 1.165) is 4.88 Å². The number of benzene rings is 1. The average molecular weight is 394 g/mol. The Balaban J connectivity index is 1.73. The molecule has 0 atom stereocenters. The second kappa shape index (κ2) is 7.74. The number of para-hydroxylation sites is 2. The molecule has 1 aliphatic rings. The predicted octanol–water partition coefficient (Wildman–Crippen LogP) is 4.13. The molecule has 4 rings (SSSR count). The van der Waals surface area contributed by atoms with E-state index < -0.39 is 5.91 Å². The molecule has 1 N–H and O–H groups in total. The monoisotopic (exact) mass is 394 g/mol. The van der Waals surface area contributed by atoms with Gasteiger partial charge in [-0.2, -0.15) is 0 Å². The molecular weight excluding hydrogens is 376 g/mol. The Morgan fingerprint density at radius 3 is 2.64 bits per heavy atom. The van der Waals surface area contributed by atoms with Crippen molar-refractivity contribution < 1.29 is 18.7 Å². The summed E-state index contributed by atoms with van der Waals surface area (Å²) in [6, 6.07) is 14.5. The van der Waals surface area contributed by atoms with E-state index in [1.807, 2.05) is 48.7 Å². The van der Waals surface area contributed by atoms with Crippen molar-refractivity contribution in [2.24, 2.45) is 0 Å². The lowest BCUT2D eigenvalue weighted by atomic mass is 10.2. The zero-order valence-electron chi connectivity index (χ0n) is 15.2. The Hall–Kier alpha value is -3.32. The molecule has 6 nitrogen and oxygen atoms in total. The minimum absolute atomic E-state index is 0.0812. The van der Waals surface area contributed by atoms with Crippen LogP contribution in [-0.4, -0.2) is 23.3 Å². The van der Waals surface area contributed by atoms with Crippen molar-refractivity contribution in [1.82, 2.24) is 4.90 Å². The first-order valence-electron chi connectivity index (χ1n) is 8.84. The number of nitrogens with zero attached hydrogens (tertiary/aromatic N) is 1. The number of hydrogen-bond donors (Lipinski definition) is 1. The zero-order valence-corrected chi connectivity index (χ0v) is 16.0. The van der Waals surface area contributed by atoms with Gasteiger partial charge in [-0.1, -0.05) is 18.2 Å². The lowest BCUT2D eigenvalue weighted by Crippen LogP contribution is -2.31. The number of rotatable bonds is 7. The van der Waals surface area contributed by atoms with Crippen molar-refractivity contribution in [3.63, 3.8) is 0 Å². The third kappa shape index (κ3) is 3.32. The smallest absolute Gasteiger partial charge is 0.278 e. The quantitative estimate of drug-likeness (QED) is 0.610. The summed E-state index contributed by atoms with van der Waals surface area (Å²) in [5, 5.41) is 5.02. The lowest BCUT2D eigenvalue weighted by molar-refractivity contribution is -0.137. The first-order chi connectivity index (χ1) is 13.7. The summed E-state index contributed by atoms with van der Waals surface area (Å²) in [7, 11) is 0. The zero-order chi connectivity index (χ0) is 19.5. The molecule has 0 radical (unpaired) electrons. The Labute approximate surface area is 166 Å². The highest BCUT2D eigenvalue weighted by molar-refractivity contribution is 7.11. The normalized spacial score (nSPS) is 14.1. The molecular formula is C21H18N2O4S. The van der Waals surface area contributed by atoms with Gasteiger partial charge in [-0.25, -0.2) is 0 Å². The highest BCUT2D eigenvalue weighted by Crippen LogP contribution is 2.35. The first kappa shape index (κ1) is 18.1. The van der Waals surface area contributed by atoms with E-state index in [2.05, 4.69) is 5.32 Å². The number of hydrogen-bond acceptors (Lipinski definition) is 6. The molecule has 7 heteroatoms. The summed E-state index contributed by atoms with van der Waals surface area (Å²) in [5.74, 6) is 0.423. The van der Waals surface area contributed by atoms with E-state index in [1.54, 1.807) is 12.1 Å². The fraction of sp³-hybridized carbons (Fsp3) is 0.143. The minimum Gasteiger partial charge on any atom is -0.492 e. The summed E-state index contributed by atoms with van der Waals surface area (Å²) < 4.78 is 11.0. The molecule has 28 heavy (non-hydrogen) atoms. The molecule has 2 amide bonds. The van der Waals surface area contributed by atoms with Gasteiger partial charge in [0.05, 0.1) is 30.7 Å². The Kier molecular flexibility index (Phi) is 4.99. The van der Waals surface area contributed by atoms with Crippen molar-refractivity contribution in [3.05, 3.63) is 76.5 Å². The Bertz CT molecular complexity index is 1020. The third-order valence-electron chi connectivity index (χ3n) is 4.28. The van der Waals surface area contributed by atoms with Crippen molar-refractivity contribution in [1.29, 1.82) is 0 Å². The summed E-state index contributed by atoms with van der Waals surface area (Å²) in [6.07, 6.45) is 1.52. The molecule has 0 aliphatic carbocycles. The number of nitrogens with one attached hydrogen (secondary N) is 1. The molecule has 2 aromatic heterocycles. The van der Waals surface area contributed by atoms with Crippen LogP contribution in [0.4, 0.5) is 5.69 Å². The van der Waals surface area contributed by atoms with E-state index in [1.165, 1.54) is 22.5 Å². The van der Waals surface area contributed by atoms with E-state index >= 15 is 0 Å². The summed E-state index contributed by atoms with van der Waals surface area (Å²) in [4.78, 5) is 28.1. The van der Waals surface area contributed by atoms with Gasteiger partial charge in [-0.3, -0.25) is 14.5 Å². The molecule has 0 unspecified atom stereocenters. The number of ether oxygens (including phenoxy) is 1. The molecule has 0 saturated heterocycles. The number of carbonyl (C=O) groups is 2. The number of anilines is 1. The second-order valence-electron chi connectivity index (χ2n) is 6.06. The number of amides is 2. The molecule has 1 aliphatic heterocycles. The van der Waals surface area contributed by atoms with Crippen molar-refractivity contribution in [2.75, 3.05) is 11.9 Å². The maximum absolute atomic E-state index is 13.1. The van der Waals surface area contributed by atoms with Gasteiger partial charge in [0, 0.05) is 4.88 Å².